The normalized spacial score (nSPS) is 17.2. The standard InChI is InChI=1S/C17H12BrClN2O3S/c1-24-11-4-2-10(3-5-11)20-17-21-16(23)14(25-17)8-9-6-12(18)15(22)13(19)7-9/h2-8,22H,1H3,(H,20,21,23)/b14-8+. The van der Waals surface area contributed by atoms with Gasteiger partial charge in [0, 0.05) is 0 Å². The lowest BCUT2D eigenvalue weighted by atomic mass is 10.2. The van der Waals surface area contributed by atoms with Gasteiger partial charge in [-0.2, -0.15) is 0 Å². The smallest absolute Gasteiger partial charge is 0.264 e. The number of ether oxygens (including phenoxy) is 1. The molecule has 128 valence electrons. The zero-order chi connectivity index (χ0) is 18.0. The summed E-state index contributed by atoms with van der Waals surface area (Å²) in [6.45, 7) is 0. The fraction of sp³-hybridized carbons (Fsp3) is 0.0588. The second-order valence-corrected chi connectivity index (χ2v) is 7.31. The van der Waals surface area contributed by atoms with Crippen LogP contribution >= 0.6 is 39.3 Å². The van der Waals surface area contributed by atoms with E-state index in [1.165, 1.54) is 11.8 Å². The molecule has 0 saturated carbocycles. The van der Waals surface area contributed by atoms with E-state index in [9.17, 15) is 9.90 Å². The minimum atomic E-state index is -0.238. The quantitative estimate of drug-likeness (QED) is 0.680. The highest BCUT2D eigenvalue weighted by Crippen LogP contribution is 2.35. The van der Waals surface area contributed by atoms with E-state index in [4.69, 9.17) is 16.3 Å². The predicted molar refractivity (Wildman–Crippen MR) is 105 cm³/mol. The number of amidine groups is 1. The molecule has 3 rings (SSSR count). The largest absolute Gasteiger partial charge is 0.505 e. The first kappa shape index (κ1) is 17.8. The lowest BCUT2D eigenvalue weighted by Crippen LogP contribution is -2.19. The molecule has 8 heteroatoms. The van der Waals surface area contributed by atoms with E-state index >= 15 is 0 Å². The Hall–Kier alpha value is -1.96. The lowest BCUT2D eigenvalue weighted by molar-refractivity contribution is -0.115. The Labute approximate surface area is 161 Å². The maximum Gasteiger partial charge on any atom is 0.264 e. The molecular weight excluding hydrogens is 428 g/mol. The molecule has 1 amide bonds. The van der Waals surface area contributed by atoms with Crippen molar-refractivity contribution in [2.24, 2.45) is 4.99 Å². The minimum Gasteiger partial charge on any atom is -0.505 e. The average molecular weight is 440 g/mol. The fourth-order valence-corrected chi connectivity index (χ4v) is 3.74. The molecule has 1 saturated heterocycles. The summed E-state index contributed by atoms with van der Waals surface area (Å²) in [6, 6.07) is 10.5. The van der Waals surface area contributed by atoms with Crippen molar-refractivity contribution in [3.8, 4) is 11.5 Å². The van der Waals surface area contributed by atoms with Crippen molar-refractivity contribution in [3.63, 3.8) is 0 Å². The van der Waals surface area contributed by atoms with Gasteiger partial charge < -0.3 is 15.2 Å². The second-order valence-electron chi connectivity index (χ2n) is 5.01. The Morgan fingerprint density at radius 1 is 1.32 bits per heavy atom. The highest BCUT2D eigenvalue weighted by atomic mass is 79.9. The topological polar surface area (TPSA) is 70.9 Å². The number of nitrogens with zero attached hydrogens (tertiary/aromatic N) is 1. The number of thioether (sulfide) groups is 1. The number of hydrogen-bond acceptors (Lipinski definition) is 5. The van der Waals surface area contributed by atoms with Crippen LogP contribution in [0.2, 0.25) is 5.02 Å². The van der Waals surface area contributed by atoms with Crippen LogP contribution < -0.4 is 10.1 Å². The van der Waals surface area contributed by atoms with E-state index in [0.29, 0.717) is 25.8 Å². The molecule has 0 bridgehead atoms. The van der Waals surface area contributed by atoms with Crippen molar-refractivity contribution >= 4 is 62.1 Å². The van der Waals surface area contributed by atoms with Gasteiger partial charge in [0.05, 0.1) is 27.2 Å². The summed E-state index contributed by atoms with van der Waals surface area (Å²) in [6.07, 6.45) is 1.69. The molecule has 1 aliphatic heterocycles. The first-order chi connectivity index (χ1) is 12.0. The van der Waals surface area contributed by atoms with Gasteiger partial charge >= 0.3 is 0 Å². The third-order valence-electron chi connectivity index (χ3n) is 3.29. The molecule has 0 unspecified atom stereocenters. The van der Waals surface area contributed by atoms with E-state index in [-0.39, 0.29) is 16.7 Å². The zero-order valence-electron chi connectivity index (χ0n) is 12.9. The molecule has 1 aliphatic rings. The van der Waals surface area contributed by atoms with E-state index in [1.807, 2.05) is 0 Å². The number of carbonyl (C=O) groups excluding carboxylic acids is 1. The monoisotopic (exact) mass is 438 g/mol. The number of nitrogens with one attached hydrogen (secondary N) is 1. The van der Waals surface area contributed by atoms with Crippen LogP contribution in [0.4, 0.5) is 5.69 Å². The number of phenolic OH excluding ortho intramolecular Hbond substituents is 1. The zero-order valence-corrected chi connectivity index (χ0v) is 16.1. The highest BCUT2D eigenvalue weighted by molar-refractivity contribution is 9.10. The van der Waals surface area contributed by atoms with Crippen molar-refractivity contribution in [2.45, 2.75) is 0 Å². The number of rotatable bonds is 3. The summed E-state index contributed by atoms with van der Waals surface area (Å²) < 4.78 is 5.56. The number of phenols is 1. The van der Waals surface area contributed by atoms with Gasteiger partial charge in [-0.1, -0.05) is 11.6 Å². The van der Waals surface area contributed by atoms with Crippen molar-refractivity contribution in [2.75, 3.05) is 7.11 Å². The molecular formula is C17H12BrClN2O3S. The molecule has 0 aliphatic carbocycles. The molecule has 25 heavy (non-hydrogen) atoms. The minimum absolute atomic E-state index is 0.0332. The van der Waals surface area contributed by atoms with Crippen LogP contribution in [0.25, 0.3) is 6.08 Å². The molecule has 0 radical (unpaired) electrons. The summed E-state index contributed by atoms with van der Waals surface area (Å²) >= 11 is 10.4. The van der Waals surface area contributed by atoms with Crippen molar-refractivity contribution in [1.82, 2.24) is 5.32 Å². The van der Waals surface area contributed by atoms with Gasteiger partial charge in [0.15, 0.2) is 5.17 Å². The summed E-state index contributed by atoms with van der Waals surface area (Å²) in [7, 11) is 1.60. The van der Waals surface area contributed by atoms with Crippen LogP contribution in [-0.4, -0.2) is 23.3 Å². The number of aliphatic imine (C=N–C) groups is 1. The van der Waals surface area contributed by atoms with E-state index in [0.717, 1.165) is 5.75 Å². The van der Waals surface area contributed by atoms with Crippen LogP contribution in [-0.2, 0) is 4.79 Å². The van der Waals surface area contributed by atoms with E-state index in [2.05, 4.69) is 26.2 Å². The Kier molecular flexibility index (Phi) is 5.36. The number of aromatic hydroxyl groups is 1. The second kappa shape index (κ2) is 7.51. The number of carbonyl (C=O) groups is 1. The van der Waals surface area contributed by atoms with E-state index in [1.54, 1.807) is 49.6 Å². The van der Waals surface area contributed by atoms with Gasteiger partial charge in [-0.05, 0) is 75.7 Å². The van der Waals surface area contributed by atoms with E-state index < -0.39 is 0 Å². The van der Waals surface area contributed by atoms with Crippen molar-refractivity contribution < 1.29 is 14.6 Å². The van der Waals surface area contributed by atoms with Crippen LogP contribution in [0.3, 0.4) is 0 Å². The van der Waals surface area contributed by atoms with Crippen LogP contribution in [0.1, 0.15) is 5.56 Å². The lowest BCUT2D eigenvalue weighted by Gasteiger charge is -2.02. The molecule has 1 fully saturated rings. The molecule has 0 spiro atoms. The Balaban J connectivity index is 1.83. The molecule has 2 N–H and O–H groups in total. The van der Waals surface area contributed by atoms with Gasteiger partial charge in [-0.3, -0.25) is 4.79 Å². The molecule has 0 aromatic heterocycles. The Bertz CT molecular complexity index is 874. The van der Waals surface area contributed by atoms with Gasteiger partial charge in [0.1, 0.15) is 11.5 Å². The molecule has 1 heterocycles. The van der Waals surface area contributed by atoms with Crippen LogP contribution in [0.5, 0.6) is 11.5 Å². The highest BCUT2D eigenvalue weighted by Gasteiger charge is 2.24. The number of hydrogen-bond donors (Lipinski definition) is 2. The number of amides is 1. The number of benzene rings is 2. The average Bonchev–Trinajstić information content (AvgIpc) is 2.92. The maximum atomic E-state index is 12.1. The molecule has 0 atom stereocenters. The maximum absolute atomic E-state index is 12.1. The van der Waals surface area contributed by atoms with Gasteiger partial charge in [0.2, 0.25) is 0 Å². The van der Waals surface area contributed by atoms with Crippen LogP contribution in [0.15, 0.2) is 50.8 Å². The predicted octanol–water partition coefficient (Wildman–Crippen LogP) is 4.71. The summed E-state index contributed by atoms with van der Waals surface area (Å²) in [4.78, 5) is 17.0. The molecule has 2 aromatic carbocycles. The van der Waals surface area contributed by atoms with Crippen molar-refractivity contribution in [1.29, 1.82) is 0 Å². The van der Waals surface area contributed by atoms with Crippen LogP contribution in [0, 0.1) is 0 Å². The van der Waals surface area contributed by atoms with Gasteiger partial charge in [-0.15, -0.1) is 0 Å². The summed E-state index contributed by atoms with van der Waals surface area (Å²) in [5.74, 6) is 0.467. The van der Waals surface area contributed by atoms with Gasteiger partial charge in [-0.25, -0.2) is 4.99 Å². The summed E-state index contributed by atoms with van der Waals surface area (Å²) in [5, 5.41) is 13.1. The SMILES string of the molecule is COc1ccc(N=C2NC(=O)/C(=C\c3cc(Cl)c(O)c(Br)c3)S2)cc1. The number of methoxy groups -OCH3 is 1. The Morgan fingerprint density at radius 3 is 2.68 bits per heavy atom. The molecule has 5 nitrogen and oxygen atoms in total. The fourth-order valence-electron chi connectivity index (χ4n) is 2.07. The first-order valence-corrected chi connectivity index (χ1v) is 9.06. The third kappa shape index (κ3) is 4.18. The third-order valence-corrected chi connectivity index (χ3v) is 5.09. The molecule has 2 aromatic rings. The van der Waals surface area contributed by atoms with Gasteiger partial charge in [0.25, 0.3) is 5.91 Å². The number of halogens is 2. The summed E-state index contributed by atoms with van der Waals surface area (Å²) in [5.41, 5.74) is 1.40. The first-order valence-electron chi connectivity index (χ1n) is 7.08. The van der Waals surface area contributed by atoms with Crippen molar-refractivity contribution in [3.05, 3.63) is 56.4 Å². The Morgan fingerprint density at radius 2 is 2.04 bits per heavy atom.